The fraction of sp³-hybridized carbons (Fsp3) is 0.348. The Bertz CT molecular complexity index is 932. The Hall–Kier alpha value is -3.13. The number of rotatable bonds is 3. The van der Waals surface area contributed by atoms with Gasteiger partial charge in [-0.3, -0.25) is 10.1 Å². The van der Waals surface area contributed by atoms with Crippen molar-refractivity contribution in [3.8, 4) is 11.8 Å². The first kappa shape index (κ1) is 21.2. The first-order valence-corrected chi connectivity index (χ1v) is 9.09. The van der Waals surface area contributed by atoms with Crippen LogP contribution in [0.1, 0.15) is 63.8 Å². The summed E-state index contributed by atoms with van der Waals surface area (Å²) in [6.07, 6.45) is 1.76. The number of nitrogens with zero attached hydrogens (tertiary/aromatic N) is 2. The predicted octanol–water partition coefficient (Wildman–Crippen LogP) is 5.96. The molecular weight excluding hydrogens is 352 g/mol. The van der Waals surface area contributed by atoms with Gasteiger partial charge in [-0.1, -0.05) is 41.5 Å². The van der Waals surface area contributed by atoms with E-state index in [0.29, 0.717) is 11.1 Å². The quantitative estimate of drug-likeness (QED) is 0.309. The summed E-state index contributed by atoms with van der Waals surface area (Å²) in [5, 5.41) is 31.3. The van der Waals surface area contributed by atoms with Gasteiger partial charge in [0.1, 0.15) is 5.75 Å². The van der Waals surface area contributed by atoms with Gasteiger partial charge in [0.2, 0.25) is 0 Å². The zero-order valence-corrected chi connectivity index (χ0v) is 17.2. The molecule has 2 aromatic carbocycles. The van der Waals surface area contributed by atoms with Gasteiger partial charge in [-0.25, -0.2) is 0 Å². The Balaban J connectivity index is 2.65. The van der Waals surface area contributed by atoms with Crippen molar-refractivity contribution in [3.05, 3.63) is 68.8 Å². The van der Waals surface area contributed by atoms with Crippen molar-refractivity contribution in [1.82, 2.24) is 0 Å². The van der Waals surface area contributed by atoms with E-state index in [1.165, 1.54) is 12.1 Å². The smallest absolute Gasteiger partial charge is 0.269 e. The summed E-state index contributed by atoms with van der Waals surface area (Å²) in [6, 6.07) is 11.9. The molecule has 0 aromatic heterocycles. The highest BCUT2D eigenvalue weighted by Crippen LogP contribution is 2.40. The highest BCUT2D eigenvalue weighted by Gasteiger charge is 2.26. The summed E-state index contributed by atoms with van der Waals surface area (Å²) in [7, 11) is 0. The minimum Gasteiger partial charge on any atom is -0.507 e. The molecule has 28 heavy (non-hydrogen) atoms. The molecule has 0 amide bonds. The fourth-order valence-electron chi connectivity index (χ4n) is 2.99. The topological polar surface area (TPSA) is 87.2 Å². The molecule has 146 valence electrons. The molecule has 0 saturated carbocycles. The third-order valence-corrected chi connectivity index (χ3v) is 4.57. The Morgan fingerprint density at radius 3 is 1.86 bits per heavy atom. The number of nitro benzene ring substituents is 1. The van der Waals surface area contributed by atoms with Gasteiger partial charge in [0.05, 0.1) is 16.6 Å². The lowest BCUT2D eigenvalue weighted by atomic mass is 9.78. The van der Waals surface area contributed by atoms with Crippen molar-refractivity contribution in [2.24, 2.45) is 0 Å². The Morgan fingerprint density at radius 1 is 1.04 bits per heavy atom. The number of hydrogen-bond acceptors (Lipinski definition) is 4. The normalized spacial score (nSPS) is 12.5. The monoisotopic (exact) mass is 378 g/mol. The van der Waals surface area contributed by atoms with E-state index in [4.69, 9.17) is 0 Å². The van der Waals surface area contributed by atoms with E-state index in [-0.39, 0.29) is 22.3 Å². The third-order valence-electron chi connectivity index (χ3n) is 4.57. The van der Waals surface area contributed by atoms with E-state index in [1.807, 2.05) is 53.7 Å². The predicted molar refractivity (Wildman–Crippen MR) is 112 cm³/mol. The van der Waals surface area contributed by atoms with Crippen LogP contribution in [0.15, 0.2) is 36.4 Å². The lowest BCUT2D eigenvalue weighted by Gasteiger charge is -2.28. The lowest BCUT2D eigenvalue weighted by Crippen LogP contribution is -2.17. The molecule has 0 aliphatic carbocycles. The average Bonchev–Trinajstić information content (AvgIpc) is 2.58. The number of non-ortho nitro benzene ring substituents is 1. The molecule has 0 saturated heterocycles. The highest BCUT2D eigenvalue weighted by atomic mass is 16.6. The molecule has 2 rings (SSSR count). The summed E-state index contributed by atoms with van der Waals surface area (Å²) >= 11 is 0. The molecular formula is C23H26N2O3. The molecule has 1 N–H and O–H groups in total. The maximum atomic E-state index is 10.8. The molecule has 0 bridgehead atoms. The van der Waals surface area contributed by atoms with Gasteiger partial charge in [-0.05, 0) is 52.3 Å². The number of phenols is 1. The molecule has 2 aromatic rings. The van der Waals surface area contributed by atoms with Gasteiger partial charge in [0.15, 0.2) is 0 Å². The van der Waals surface area contributed by atoms with Crippen molar-refractivity contribution < 1.29 is 10.0 Å². The number of aromatic hydroxyl groups is 1. The van der Waals surface area contributed by atoms with Gasteiger partial charge >= 0.3 is 0 Å². The lowest BCUT2D eigenvalue weighted by molar-refractivity contribution is -0.384. The number of allylic oxidation sites excluding steroid dienone is 1. The van der Waals surface area contributed by atoms with Crippen LogP contribution in [-0.2, 0) is 10.8 Å². The van der Waals surface area contributed by atoms with Crippen LogP contribution < -0.4 is 0 Å². The first-order valence-electron chi connectivity index (χ1n) is 9.09. The van der Waals surface area contributed by atoms with Gasteiger partial charge in [0.25, 0.3) is 5.69 Å². The minimum absolute atomic E-state index is 0.0179. The van der Waals surface area contributed by atoms with Crippen molar-refractivity contribution >= 4 is 17.3 Å². The van der Waals surface area contributed by atoms with Crippen LogP contribution in [0.25, 0.3) is 11.6 Å². The van der Waals surface area contributed by atoms with E-state index >= 15 is 0 Å². The molecule has 5 nitrogen and oxygen atoms in total. The van der Waals surface area contributed by atoms with Crippen LogP contribution in [-0.4, -0.2) is 10.0 Å². The summed E-state index contributed by atoms with van der Waals surface area (Å²) in [6.45, 7) is 12.2. The summed E-state index contributed by atoms with van der Waals surface area (Å²) in [5.41, 5.74) is 2.89. The number of hydrogen-bond donors (Lipinski definition) is 1. The van der Waals surface area contributed by atoms with E-state index in [1.54, 1.807) is 18.2 Å². The molecule has 0 aliphatic rings. The number of benzene rings is 2. The summed E-state index contributed by atoms with van der Waals surface area (Å²) in [5.74, 6) is 0.283. The molecule has 0 unspecified atom stereocenters. The van der Waals surface area contributed by atoms with Crippen molar-refractivity contribution in [2.45, 2.75) is 52.4 Å². The minimum atomic E-state index is -0.468. The van der Waals surface area contributed by atoms with Crippen molar-refractivity contribution in [1.29, 1.82) is 5.26 Å². The molecule has 0 radical (unpaired) electrons. The SMILES string of the molecule is CC(C)(C)c1cc(/C=C(\C#N)c2ccc([N+](=O)[O-])cc2)cc(C(C)(C)C)c1O. The maximum Gasteiger partial charge on any atom is 0.269 e. The molecule has 0 spiro atoms. The zero-order chi connectivity index (χ0) is 21.3. The van der Waals surface area contributed by atoms with E-state index in [0.717, 1.165) is 16.7 Å². The van der Waals surface area contributed by atoms with Crippen LogP contribution in [0.5, 0.6) is 5.75 Å². The second-order valence-electron chi connectivity index (χ2n) is 8.94. The Morgan fingerprint density at radius 2 is 1.50 bits per heavy atom. The van der Waals surface area contributed by atoms with Crippen LogP contribution in [0, 0.1) is 21.4 Å². The second-order valence-corrected chi connectivity index (χ2v) is 8.94. The summed E-state index contributed by atoms with van der Waals surface area (Å²) in [4.78, 5) is 10.4. The Labute approximate surface area is 166 Å². The largest absolute Gasteiger partial charge is 0.507 e. The number of nitro groups is 1. The summed E-state index contributed by atoms with van der Waals surface area (Å²) < 4.78 is 0. The van der Waals surface area contributed by atoms with E-state index in [9.17, 15) is 20.5 Å². The van der Waals surface area contributed by atoms with Crippen molar-refractivity contribution in [3.63, 3.8) is 0 Å². The van der Waals surface area contributed by atoms with Gasteiger partial charge in [-0.2, -0.15) is 5.26 Å². The van der Waals surface area contributed by atoms with Gasteiger partial charge in [-0.15, -0.1) is 0 Å². The first-order chi connectivity index (χ1) is 12.8. The Kier molecular flexibility index (Phi) is 5.65. The highest BCUT2D eigenvalue weighted by molar-refractivity contribution is 5.90. The average molecular weight is 378 g/mol. The van der Waals surface area contributed by atoms with Crippen molar-refractivity contribution in [2.75, 3.05) is 0 Å². The molecule has 0 heterocycles. The fourth-order valence-corrected chi connectivity index (χ4v) is 2.99. The van der Waals surface area contributed by atoms with Crippen LogP contribution in [0.4, 0.5) is 5.69 Å². The number of phenolic OH excluding ortho intramolecular Hbond substituents is 1. The van der Waals surface area contributed by atoms with Crippen LogP contribution >= 0.6 is 0 Å². The van der Waals surface area contributed by atoms with E-state index < -0.39 is 4.92 Å². The molecule has 0 atom stereocenters. The van der Waals surface area contributed by atoms with Crippen LogP contribution in [0.2, 0.25) is 0 Å². The maximum absolute atomic E-state index is 10.8. The van der Waals surface area contributed by atoms with E-state index in [2.05, 4.69) is 6.07 Å². The third kappa shape index (κ3) is 4.58. The van der Waals surface area contributed by atoms with Gasteiger partial charge < -0.3 is 5.11 Å². The second kappa shape index (κ2) is 7.47. The van der Waals surface area contributed by atoms with Gasteiger partial charge in [0, 0.05) is 23.3 Å². The molecule has 5 heteroatoms. The zero-order valence-electron chi connectivity index (χ0n) is 17.2. The van der Waals surface area contributed by atoms with Crippen LogP contribution in [0.3, 0.4) is 0 Å². The standard InChI is InChI=1S/C23H26N2O3/c1-22(2,3)19-12-15(13-20(21(19)26)23(4,5)6)11-17(14-24)16-7-9-18(10-8-16)25(27)28/h7-13,26H,1-6H3/b17-11+. The molecule has 0 fully saturated rings. The number of nitriles is 1. The molecule has 0 aliphatic heterocycles.